The molecule has 3 amide bonds. The first kappa shape index (κ1) is 26.2. The summed E-state index contributed by atoms with van der Waals surface area (Å²) in [6, 6.07) is 7.05. The molecule has 3 aromatic heterocycles. The van der Waals surface area contributed by atoms with Crippen LogP contribution in [0.2, 0.25) is 4.34 Å². The van der Waals surface area contributed by atoms with Crippen LogP contribution in [0.1, 0.15) is 42.9 Å². The normalized spacial score (nSPS) is 16.7. The van der Waals surface area contributed by atoms with Gasteiger partial charge in [-0.25, -0.2) is 19.2 Å². The molecule has 0 bridgehead atoms. The first-order chi connectivity index (χ1) is 18.3. The molecule has 2 aliphatic heterocycles. The molecule has 0 unspecified atom stereocenters. The van der Waals surface area contributed by atoms with Crippen LogP contribution >= 0.6 is 22.9 Å². The summed E-state index contributed by atoms with van der Waals surface area (Å²) in [6.07, 6.45) is 0.225. The second-order valence-corrected chi connectivity index (χ2v) is 11.0. The minimum Gasteiger partial charge on any atom is -0.447 e. The quantitative estimate of drug-likeness (QED) is 0.456. The van der Waals surface area contributed by atoms with Crippen LogP contribution in [0.25, 0.3) is 10.6 Å². The number of ether oxygens (including phenoxy) is 2. The van der Waals surface area contributed by atoms with Gasteiger partial charge in [-0.05, 0) is 38.8 Å². The number of carbonyl (C=O) groups excluding carboxylic acids is 3. The molecule has 0 radical (unpaired) electrons. The smallest absolute Gasteiger partial charge is 0.417 e. The summed E-state index contributed by atoms with van der Waals surface area (Å²) in [4.78, 5) is 41.9. The maximum atomic E-state index is 13.1. The van der Waals surface area contributed by atoms with E-state index in [0.29, 0.717) is 21.8 Å². The van der Waals surface area contributed by atoms with Crippen LogP contribution in [0.5, 0.6) is 5.88 Å². The van der Waals surface area contributed by atoms with E-state index in [1.165, 1.54) is 22.1 Å². The highest BCUT2D eigenvalue weighted by atomic mass is 35.5. The molecule has 14 heteroatoms. The van der Waals surface area contributed by atoms with Crippen LogP contribution in [0.3, 0.4) is 0 Å². The molecule has 0 spiro atoms. The number of cyclic esters (lactones) is 1. The maximum absolute atomic E-state index is 13.1. The summed E-state index contributed by atoms with van der Waals surface area (Å²) >= 11 is 7.36. The molecule has 0 atom stereocenters. The highest BCUT2D eigenvalue weighted by Crippen LogP contribution is 2.31. The molecule has 12 nitrogen and oxygen atoms in total. The van der Waals surface area contributed by atoms with Crippen molar-refractivity contribution in [3.63, 3.8) is 0 Å². The van der Waals surface area contributed by atoms with Crippen molar-refractivity contribution in [1.82, 2.24) is 30.1 Å². The van der Waals surface area contributed by atoms with E-state index in [1.807, 2.05) is 6.07 Å². The van der Waals surface area contributed by atoms with Gasteiger partial charge in [0.25, 0.3) is 5.91 Å². The Kier molecular flexibility index (Phi) is 7.68. The van der Waals surface area contributed by atoms with Gasteiger partial charge >= 0.3 is 12.2 Å². The van der Waals surface area contributed by atoms with E-state index in [0.717, 1.165) is 35.7 Å². The van der Waals surface area contributed by atoms with Gasteiger partial charge < -0.3 is 24.2 Å². The van der Waals surface area contributed by atoms with Crippen molar-refractivity contribution in [1.29, 1.82) is 0 Å². The molecule has 2 saturated heterocycles. The molecule has 0 aromatic carbocycles. The summed E-state index contributed by atoms with van der Waals surface area (Å²) in [5.74, 6) is -0.184. The van der Waals surface area contributed by atoms with Gasteiger partial charge in [-0.1, -0.05) is 16.8 Å². The van der Waals surface area contributed by atoms with Crippen molar-refractivity contribution in [2.24, 2.45) is 0 Å². The zero-order chi connectivity index (χ0) is 26.8. The Balaban J connectivity index is 1.31. The van der Waals surface area contributed by atoms with E-state index in [1.54, 1.807) is 12.1 Å². The van der Waals surface area contributed by atoms with Crippen LogP contribution < -0.4 is 10.1 Å². The minimum atomic E-state index is -0.742. The molecule has 5 heterocycles. The molecular weight excluding hydrogens is 536 g/mol. The number of carbonyl (C=O) groups is 3. The summed E-state index contributed by atoms with van der Waals surface area (Å²) in [5, 5.41) is 11.2. The fourth-order valence-corrected chi connectivity index (χ4v) is 5.40. The van der Waals surface area contributed by atoms with Gasteiger partial charge in [0.15, 0.2) is 5.76 Å². The van der Waals surface area contributed by atoms with Gasteiger partial charge in [-0.2, -0.15) is 0 Å². The zero-order valence-corrected chi connectivity index (χ0v) is 22.5. The lowest BCUT2D eigenvalue weighted by molar-refractivity contribution is 0.0798. The number of halogens is 1. The number of likely N-dealkylation sites (tertiary alicyclic amines) is 1. The Morgan fingerprint density at radius 3 is 2.68 bits per heavy atom. The predicted molar refractivity (Wildman–Crippen MR) is 137 cm³/mol. The van der Waals surface area contributed by atoms with E-state index < -0.39 is 18.1 Å². The molecule has 0 aliphatic carbocycles. The number of hydrogen-bond donors (Lipinski definition) is 1. The Morgan fingerprint density at radius 2 is 2.03 bits per heavy atom. The fourth-order valence-electron chi connectivity index (χ4n) is 4.41. The van der Waals surface area contributed by atoms with Crippen LogP contribution in [0.15, 0.2) is 28.8 Å². The second-order valence-electron chi connectivity index (χ2n) is 9.32. The third kappa shape index (κ3) is 5.84. The van der Waals surface area contributed by atoms with Gasteiger partial charge in [0.1, 0.15) is 18.0 Å². The van der Waals surface area contributed by atoms with E-state index in [4.69, 9.17) is 25.6 Å². The number of hydrogen-bond acceptors (Lipinski definition) is 10. The molecule has 3 aromatic rings. The van der Waals surface area contributed by atoms with Gasteiger partial charge in [-0.15, -0.1) is 16.4 Å². The number of thiophene rings is 1. The number of nitrogens with one attached hydrogen (secondary N) is 1. The van der Waals surface area contributed by atoms with E-state index in [2.05, 4.69) is 34.3 Å². The Morgan fingerprint density at radius 1 is 1.24 bits per heavy atom. The van der Waals surface area contributed by atoms with Crippen LogP contribution in [0, 0.1) is 0 Å². The van der Waals surface area contributed by atoms with Crippen molar-refractivity contribution in [2.75, 3.05) is 26.2 Å². The summed E-state index contributed by atoms with van der Waals surface area (Å²) < 4.78 is 17.7. The molecule has 0 saturated carbocycles. The summed E-state index contributed by atoms with van der Waals surface area (Å²) in [7, 11) is 0. The van der Waals surface area contributed by atoms with Crippen LogP contribution in [-0.2, 0) is 11.3 Å². The highest BCUT2D eigenvalue weighted by molar-refractivity contribution is 7.19. The summed E-state index contributed by atoms with van der Waals surface area (Å²) in [6.45, 7) is 6.33. The maximum Gasteiger partial charge on any atom is 0.417 e. The standard InChI is InChI=1S/C24H27ClN6O6S/c1-14(2)29-7-5-15(6-8-29)26-23(33)36-21-12-17(22(32)30-9-10-35-24(30)34)31(27-21)13-16-11-18(37-28-16)19-3-4-20(25)38-19/h3-4,11-12,14-15H,5-10,13H2,1-2H3,(H,26,33). The van der Waals surface area contributed by atoms with E-state index in [-0.39, 0.29) is 37.3 Å². The van der Waals surface area contributed by atoms with Gasteiger partial charge in [0, 0.05) is 37.3 Å². The van der Waals surface area contributed by atoms with Gasteiger partial charge in [0.05, 0.1) is 22.3 Å². The molecule has 2 aliphatic rings. The second kappa shape index (κ2) is 11.1. The van der Waals surface area contributed by atoms with Gasteiger partial charge in [0.2, 0.25) is 5.88 Å². The van der Waals surface area contributed by atoms with Crippen molar-refractivity contribution >= 4 is 41.0 Å². The largest absolute Gasteiger partial charge is 0.447 e. The van der Waals surface area contributed by atoms with Crippen molar-refractivity contribution < 1.29 is 28.4 Å². The molecular formula is C24H27ClN6O6S. The molecule has 202 valence electrons. The number of imide groups is 1. The SMILES string of the molecule is CC(C)N1CCC(NC(=O)Oc2cc(C(=O)N3CCOC3=O)n(Cc3cc(-c4ccc(Cl)s4)on3)n2)CC1. The molecule has 5 rings (SSSR count). The first-order valence-corrected chi connectivity index (χ1v) is 13.5. The number of aromatic nitrogens is 3. The lowest BCUT2D eigenvalue weighted by Gasteiger charge is -2.34. The van der Waals surface area contributed by atoms with E-state index in [9.17, 15) is 14.4 Å². The fraction of sp³-hybridized carbons (Fsp3) is 0.458. The summed E-state index contributed by atoms with van der Waals surface area (Å²) in [5.41, 5.74) is 0.513. The Bertz CT molecular complexity index is 1330. The lowest BCUT2D eigenvalue weighted by Crippen LogP contribution is -2.47. The molecule has 2 fully saturated rings. The van der Waals surface area contributed by atoms with Crippen LogP contribution in [-0.4, -0.2) is 81.2 Å². The molecule has 38 heavy (non-hydrogen) atoms. The molecule has 1 N–H and O–H groups in total. The van der Waals surface area contributed by atoms with Gasteiger partial charge in [-0.3, -0.25) is 4.79 Å². The average Bonchev–Trinajstić information content (AvgIpc) is 3.68. The number of nitrogens with zero attached hydrogens (tertiary/aromatic N) is 5. The third-order valence-corrected chi connectivity index (χ3v) is 7.69. The number of amides is 3. The topological polar surface area (TPSA) is 132 Å². The lowest BCUT2D eigenvalue weighted by atomic mass is 10.0. The van der Waals surface area contributed by atoms with Crippen molar-refractivity contribution in [3.8, 4) is 16.5 Å². The third-order valence-electron chi connectivity index (χ3n) is 6.45. The number of rotatable bonds is 7. The minimum absolute atomic E-state index is 0.0145. The Hall–Kier alpha value is -3.42. The highest BCUT2D eigenvalue weighted by Gasteiger charge is 2.33. The monoisotopic (exact) mass is 562 g/mol. The van der Waals surface area contributed by atoms with Crippen molar-refractivity contribution in [2.45, 2.75) is 45.3 Å². The average molecular weight is 563 g/mol. The van der Waals surface area contributed by atoms with Crippen molar-refractivity contribution in [3.05, 3.63) is 40.0 Å². The predicted octanol–water partition coefficient (Wildman–Crippen LogP) is 3.85. The number of piperidine rings is 1. The zero-order valence-electron chi connectivity index (χ0n) is 20.9. The Labute approximate surface area is 227 Å². The first-order valence-electron chi connectivity index (χ1n) is 12.3. The van der Waals surface area contributed by atoms with Crippen LogP contribution in [0.4, 0.5) is 9.59 Å². The van der Waals surface area contributed by atoms with E-state index >= 15 is 0 Å².